The lowest BCUT2D eigenvalue weighted by Crippen LogP contribution is -2.45. The fourth-order valence-corrected chi connectivity index (χ4v) is 3.54. The normalized spacial score (nSPS) is 19.6. The van der Waals surface area contributed by atoms with E-state index in [0.29, 0.717) is 12.0 Å². The molecule has 1 N–H and O–H groups in total. The third-order valence-corrected chi connectivity index (χ3v) is 5.11. The Labute approximate surface area is 145 Å². The van der Waals surface area contributed by atoms with E-state index in [4.69, 9.17) is 4.74 Å². The van der Waals surface area contributed by atoms with Crippen molar-refractivity contribution in [2.45, 2.75) is 25.7 Å². The van der Waals surface area contributed by atoms with Crippen molar-refractivity contribution in [3.63, 3.8) is 0 Å². The van der Waals surface area contributed by atoms with Crippen molar-refractivity contribution in [3.8, 4) is 0 Å². The number of piperidine rings is 1. The molecule has 1 aromatic carbocycles. The molecule has 1 spiro atoms. The van der Waals surface area contributed by atoms with Gasteiger partial charge in [-0.3, -0.25) is 4.79 Å². The van der Waals surface area contributed by atoms with Gasteiger partial charge in [0.15, 0.2) is 0 Å². The molecule has 0 atom stereocenters. The van der Waals surface area contributed by atoms with Gasteiger partial charge >= 0.3 is 0 Å². The van der Waals surface area contributed by atoms with Gasteiger partial charge in [-0.2, -0.15) is 0 Å². The summed E-state index contributed by atoms with van der Waals surface area (Å²) in [5.74, 6) is 0.147. The van der Waals surface area contributed by atoms with Gasteiger partial charge in [0.25, 0.3) is 0 Å². The molecule has 0 radical (unpaired) electrons. The van der Waals surface area contributed by atoms with Crippen LogP contribution >= 0.6 is 12.4 Å². The molecule has 0 unspecified atom stereocenters. The fourth-order valence-electron chi connectivity index (χ4n) is 3.54. The lowest BCUT2D eigenvalue weighted by atomic mass is 9.78. The summed E-state index contributed by atoms with van der Waals surface area (Å²) in [6.45, 7) is 4.87. The molecule has 23 heavy (non-hydrogen) atoms. The number of carbonyl (C=O) groups excluding carboxylic acids is 1. The van der Waals surface area contributed by atoms with E-state index in [2.05, 4.69) is 17.4 Å². The van der Waals surface area contributed by atoms with Crippen molar-refractivity contribution in [1.82, 2.24) is 10.2 Å². The van der Waals surface area contributed by atoms with E-state index in [0.717, 1.165) is 45.4 Å². The predicted octanol–water partition coefficient (Wildman–Crippen LogP) is 2.27. The molecule has 0 bridgehead atoms. The molecule has 2 saturated heterocycles. The third kappa shape index (κ3) is 4.93. The summed E-state index contributed by atoms with van der Waals surface area (Å²) in [5, 5.41) is 3.46. The molecule has 2 fully saturated rings. The Morgan fingerprint density at radius 3 is 2.57 bits per heavy atom. The highest BCUT2D eigenvalue weighted by Gasteiger charge is 2.37. The van der Waals surface area contributed by atoms with Crippen molar-refractivity contribution in [2.75, 3.05) is 39.4 Å². The molecule has 5 heteroatoms. The average molecular weight is 339 g/mol. The summed E-state index contributed by atoms with van der Waals surface area (Å²) in [5.41, 5.74) is 1.72. The largest absolute Gasteiger partial charge is 0.371 e. The van der Waals surface area contributed by atoms with E-state index in [1.165, 1.54) is 12.0 Å². The Balaban J connectivity index is 0.00000192. The zero-order valence-corrected chi connectivity index (χ0v) is 14.4. The topological polar surface area (TPSA) is 41.6 Å². The van der Waals surface area contributed by atoms with Crippen molar-refractivity contribution in [3.05, 3.63) is 35.9 Å². The molecule has 4 nitrogen and oxygen atoms in total. The second-order valence-corrected chi connectivity index (χ2v) is 6.60. The highest BCUT2D eigenvalue weighted by Crippen LogP contribution is 2.36. The number of rotatable bonds is 5. The van der Waals surface area contributed by atoms with Gasteiger partial charge in [0.2, 0.25) is 5.91 Å². The Morgan fingerprint density at radius 2 is 1.91 bits per heavy atom. The average Bonchev–Trinajstić information content (AvgIpc) is 3.01. The van der Waals surface area contributed by atoms with Crippen LogP contribution in [0.25, 0.3) is 0 Å². The maximum Gasteiger partial charge on any atom is 0.248 e. The lowest BCUT2D eigenvalue weighted by molar-refractivity contribution is -0.138. The summed E-state index contributed by atoms with van der Waals surface area (Å²) in [4.78, 5) is 14.2. The highest BCUT2D eigenvalue weighted by molar-refractivity contribution is 5.85. The van der Waals surface area contributed by atoms with Gasteiger partial charge in [-0.1, -0.05) is 30.3 Å². The van der Waals surface area contributed by atoms with Gasteiger partial charge in [-0.25, -0.2) is 0 Å². The summed E-state index contributed by atoms with van der Waals surface area (Å²) in [6.07, 6.45) is 4.40. The van der Waals surface area contributed by atoms with E-state index in [-0.39, 0.29) is 24.9 Å². The van der Waals surface area contributed by atoms with E-state index in [9.17, 15) is 4.79 Å². The summed E-state index contributed by atoms with van der Waals surface area (Å²) >= 11 is 0. The Kier molecular flexibility index (Phi) is 6.88. The van der Waals surface area contributed by atoms with Crippen LogP contribution in [0, 0.1) is 5.41 Å². The van der Waals surface area contributed by atoms with Crippen LogP contribution < -0.4 is 5.32 Å². The van der Waals surface area contributed by atoms with Crippen molar-refractivity contribution >= 4 is 18.3 Å². The number of halogens is 1. The zero-order valence-electron chi connectivity index (χ0n) is 13.6. The Morgan fingerprint density at radius 1 is 1.17 bits per heavy atom. The van der Waals surface area contributed by atoms with Crippen LogP contribution in [-0.2, 0) is 16.0 Å². The number of likely N-dealkylation sites (tertiary alicyclic amines) is 1. The number of amides is 1. The van der Waals surface area contributed by atoms with Crippen LogP contribution in [0.3, 0.4) is 0 Å². The number of carbonyl (C=O) groups is 1. The third-order valence-electron chi connectivity index (χ3n) is 5.11. The van der Waals surface area contributed by atoms with Crippen molar-refractivity contribution in [1.29, 1.82) is 0 Å². The minimum Gasteiger partial charge on any atom is -0.371 e. The summed E-state index contributed by atoms with van der Waals surface area (Å²) in [7, 11) is 0. The van der Waals surface area contributed by atoms with Gasteiger partial charge < -0.3 is 15.0 Å². The van der Waals surface area contributed by atoms with Gasteiger partial charge in [-0.15, -0.1) is 12.4 Å². The number of nitrogens with one attached hydrogen (secondary N) is 1. The maximum atomic E-state index is 12.2. The SMILES string of the molecule is Cl.O=C(COCCc1ccccc1)N1CCC2(CCNC2)CC1. The summed E-state index contributed by atoms with van der Waals surface area (Å²) < 4.78 is 5.57. The Hall–Kier alpha value is -1.10. The second kappa shape index (κ2) is 8.67. The molecule has 1 amide bonds. The molecule has 2 heterocycles. The van der Waals surface area contributed by atoms with Gasteiger partial charge in [0, 0.05) is 19.6 Å². The van der Waals surface area contributed by atoms with Crippen molar-refractivity contribution < 1.29 is 9.53 Å². The van der Waals surface area contributed by atoms with E-state index in [1.807, 2.05) is 23.1 Å². The number of hydrogen-bond acceptors (Lipinski definition) is 3. The zero-order chi connectivity index (χ0) is 15.3. The number of ether oxygens (including phenoxy) is 1. The molecule has 128 valence electrons. The molecular formula is C18H27ClN2O2. The van der Waals surface area contributed by atoms with E-state index >= 15 is 0 Å². The first-order valence-electron chi connectivity index (χ1n) is 8.38. The molecule has 1 aromatic rings. The number of hydrogen-bond donors (Lipinski definition) is 1. The van der Waals surface area contributed by atoms with E-state index in [1.54, 1.807) is 0 Å². The first kappa shape index (κ1) is 18.2. The molecule has 2 aliphatic heterocycles. The smallest absolute Gasteiger partial charge is 0.248 e. The monoisotopic (exact) mass is 338 g/mol. The van der Waals surface area contributed by atoms with Gasteiger partial charge in [0.05, 0.1) is 6.61 Å². The molecule has 0 saturated carbocycles. The van der Waals surface area contributed by atoms with Gasteiger partial charge in [0.1, 0.15) is 6.61 Å². The molecule has 0 aromatic heterocycles. The highest BCUT2D eigenvalue weighted by atomic mass is 35.5. The molecule has 0 aliphatic carbocycles. The van der Waals surface area contributed by atoms with Crippen LogP contribution in [0.1, 0.15) is 24.8 Å². The first-order chi connectivity index (χ1) is 10.8. The van der Waals surface area contributed by atoms with Crippen LogP contribution in [0.4, 0.5) is 0 Å². The standard InChI is InChI=1S/C18H26N2O2.ClH/c21-17(14-22-13-6-16-4-2-1-3-5-16)20-11-8-18(9-12-20)7-10-19-15-18;/h1-5,19H,6-15H2;1H. The number of nitrogens with zero attached hydrogens (tertiary/aromatic N) is 1. The molecular weight excluding hydrogens is 312 g/mol. The fraction of sp³-hybridized carbons (Fsp3) is 0.611. The second-order valence-electron chi connectivity index (χ2n) is 6.60. The van der Waals surface area contributed by atoms with Crippen LogP contribution in [0.5, 0.6) is 0 Å². The lowest BCUT2D eigenvalue weighted by Gasteiger charge is -2.38. The van der Waals surface area contributed by atoms with Crippen molar-refractivity contribution in [2.24, 2.45) is 5.41 Å². The van der Waals surface area contributed by atoms with Crippen LogP contribution in [-0.4, -0.2) is 50.2 Å². The van der Waals surface area contributed by atoms with E-state index < -0.39 is 0 Å². The summed E-state index contributed by atoms with van der Waals surface area (Å²) in [6, 6.07) is 10.2. The van der Waals surface area contributed by atoms with Gasteiger partial charge in [-0.05, 0) is 43.2 Å². The molecule has 3 rings (SSSR count). The van der Waals surface area contributed by atoms with Crippen LogP contribution in [0.2, 0.25) is 0 Å². The minimum absolute atomic E-state index is 0. The molecule has 2 aliphatic rings. The maximum absolute atomic E-state index is 12.2. The quantitative estimate of drug-likeness (QED) is 0.837. The van der Waals surface area contributed by atoms with Crippen LogP contribution in [0.15, 0.2) is 30.3 Å². The predicted molar refractivity (Wildman–Crippen MR) is 93.9 cm³/mol. The first-order valence-corrected chi connectivity index (χ1v) is 8.38. The minimum atomic E-state index is 0. The Bertz CT molecular complexity index is 479. The number of benzene rings is 1.